The van der Waals surface area contributed by atoms with Crippen LogP contribution in [0.5, 0.6) is 5.75 Å². The van der Waals surface area contributed by atoms with Gasteiger partial charge in [0.05, 0.1) is 0 Å². The summed E-state index contributed by atoms with van der Waals surface area (Å²) in [6.07, 6.45) is -3.25. The van der Waals surface area contributed by atoms with Crippen molar-refractivity contribution >= 4 is 17.8 Å². The lowest BCUT2D eigenvalue weighted by Gasteiger charge is -2.34. The molecule has 1 aromatic heterocycles. The minimum absolute atomic E-state index is 0.252. The molecule has 0 bridgehead atoms. The molecule has 2 aromatic rings. The van der Waals surface area contributed by atoms with E-state index in [1.807, 2.05) is 4.90 Å². The van der Waals surface area contributed by atoms with Gasteiger partial charge in [-0.1, -0.05) is 12.1 Å². The van der Waals surface area contributed by atoms with Crippen LogP contribution in [0.3, 0.4) is 0 Å². The number of ether oxygens (including phenoxy) is 1. The predicted molar refractivity (Wildman–Crippen MR) is 97.3 cm³/mol. The van der Waals surface area contributed by atoms with E-state index >= 15 is 0 Å². The Balaban J connectivity index is 1.53. The van der Waals surface area contributed by atoms with Crippen molar-refractivity contribution < 1.29 is 27.5 Å². The van der Waals surface area contributed by atoms with E-state index in [9.17, 15) is 22.8 Å². The molecule has 0 unspecified atom stereocenters. The highest BCUT2D eigenvalue weighted by Gasteiger charge is 2.31. The first kappa shape index (κ1) is 20.6. The SMILES string of the molecule is CC(=O)Nc1ccn(C(=O)N2CCN(Cc3cccc(OC(F)(F)F)c3)CC2)n1. The summed E-state index contributed by atoms with van der Waals surface area (Å²) >= 11 is 0. The maximum atomic E-state index is 12.5. The van der Waals surface area contributed by atoms with Crippen molar-refractivity contribution in [3.05, 3.63) is 42.1 Å². The number of benzene rings is 1. The second kappa shape index (κ2) is 8.52. The van der Waals surface area contributed by atoms with E-state index in [1.54, 1.807) is 11.0 Å². The highest BCUT2D eigenvalue weighted by atomic mass is 19.4. The Morgan fingerprint density at radius 1 is 1.17 bits per heavy atom. The summed E-state index contributed by atoms with van der Waals surface area (Å²) in [5.74, 6) is -0.232. The molecule has 0 spiro atoms. The molecule has 1 aliphatic heterocycles. The molecule has 1 fully saturated rings. The summed E-state index contributed by atoms with van der Waals surface area (Å²) in [7, 11) is 0. The second-order valence-electron chi connectivity index (χ2n) is 6.57. The quantitative estimate of drug-likeness (QED) is 0.837. The molecule has 1 saturated heterocycles. The van der Waals surface area contributed by atoms with E-state index in [4.69, 9.17) is 0 Å². The molecular weight excluding hydrogens is 391 g/mol. The van der Waals surface area contributed by atoms with E-state index in [1.165, 1.54) is 42.1 Å². The van der Waals surface area contributed by atoms with Crippen molar-refractivity contribution in [2.24, 2.45) is 0 Å². The summed E-state index contributed by atoms with van der Waals surface area (Å²) in [4.78, 5) is 27.2. The predicted octanol–water partition coefficient (Wildman–Crippen LogP) is 2.53. The highest BCUT2D eigenvalue weighted by molar-refractivity contribution is 5.87. The first-order valence-corrected chi connectivity index (χ1v) is 8.89. The van der Waals surface area contributed by atoms with Gasteiger partial charge < -0.3 is 15.0 Å². The Labute approximate surface area is 164 Å². The third-order valence-electron chi connectivity index (χ3n) is 4.27. The van der Waals surface area contributed by atoms with E-state index in [0.717, 1.165) is 0 Å². The van der Waals surface area contributed by atoms with Gasteiger partial charge in [0.15, 0.2) is 5.82 Å². The molecule has 0 radical (unpaired) electrons. The van der Waals surface area contributed by atoms with Gasteiger partial charge in [-0.25, -0.2) is 4.79 Å². The van der Waals surface area contributed by atoms with Gasteiger partial charge >= 0.3 is 12.4 Å². The molecule has 2 amide bonds. The van der Waals surface area contributed by atoms with Crippen LogP contribution in [-0.2, 0) is 11.3 Å². The van der Waals surface area contributed by atoms with Crippen LogP contribution in [0.2, 0.25) is 0 Å². The van der Waals surface area contributed by atoms with E-state index in [0.29, 0.717) is 44.1 Å². The summed E-state index contributed by atoms with van der Waals surface area (Å²) < 4.78 is 42.2. The van der Waals surface area contributed by atoms with Crippen LogP contribution in [0, 0.1) is 0 Å². The minimum atomic E-state index is -4.73. The van der Waals surface area contributed by atoms with Crippen LogP contribution in [0.1, 0.15) is 12.5 Å². The topological polar surface area (TPSA) is 79.7 Å². The number of rotatable bonds is 4. The number of carbonyl (C=O) groups is 2. The molecule has 0 atom stereocenters. The van der Waals surface area contributed by atoms with Gasteiger partial charge in [-0.15, -0.1) is 18.3 Å². The summed E-state index contributed by atoms with van der Waals surface area (Å²) in [6.45, 7) is 3.84. The maximum absolute atomic E-state index is 12.5. The van der Waals surface area contributed by atoms with Crippen molar-refractivity contribution in [3.8, 4) is 5.75 Å². The van der Waals surface area contributed by atoms with Crippen LogP contribution in [0.25, 0.3) is 0 Å². The lowest BCUT2D eigenvalue weighted by atomic mass is 10.2. The van der Waals surface area contributed by atoms with Gasteiger partial charge in [0.2, 0.25) is 5.91 Å². The fourth-order valence-electron chi connectivity index (χ4n) is 3.02. The summed E-state index contributed by atoms with van der Waals surface area (Å²) in [5.41, 5.74) is 0.693. The van der Waals surface area contributed by atoms with Gasteiger partial charge in [0.1, 0.15) is 5.75 Å². The highest BCUT2D eigenvalue weighted by Crippen LogP contribution is 2.24. The molecule has 2 heterocycles. The van der Waals surface area contributed by atoms with Crippen LogP contribution in [0.15, 0.2) is 36.5 Å². The number of alkyl halides is 3. The molecule has 29 heavy (non-hydrogen) atoms. The number of anilines is 1. The zero-order chi connectivity index (χ0) is 21.0. The molecule has 0 saturated carbocycles. The third kappa shape index (κ3) is 5.95. The Morgan fingerprint density at radius 2 is 1.90 bits per heavy atom. The minimum Gasteiger partial charge on any atom is -0.406 e. The third-order valence-corrected chi connectivity index (χ3v) is 4.27. The lowest BCUT2D eigenvalue weighted by molar-refractivity contribution is -0.274. The number of hydrogen-bond acceptors (Lipinski definition) is 5. The van der Waals surface area contributed by atoms with Gasteiger partial charge in [-0.05, 0) is 17.7 Å². The average molecular weight is 411 g/mol. The monoisotopic (exact) mass is 411 g/mol. The number of aromatic nitrogens is 2. The molecule has 11 heteroatoms. The van der Waals surface area contributed by atoms with Crippen molar-refractivity contribution in [1.82, 2.24) is 19.6 Å². The first-order valence-electron chi connectivity index (χ1n) is 8.89. The van der Waals surface area contributed by atoms with E-state index < -0.39 is 6.36 Å². The number of nitrogens with zero attached hydrogens (tertiary/aromatic N) is 4. The second-order valence-corrected chi connectivity index (χ2v) is 6.57. The number of amides is 2. The van der Waals surface area contributed by atoms with Crippen LogP contribution < -0.4 is 10.1 Å². The zero-order valence-corrected chi connectivity index (χ0v) is 15.6. The Hall–Kier alpha value is -3.08. The fourth-order valence-corrected chi connectivity index (χ4v) is 3.02. The standard InChI is InChI=1S/C18H20F3N5O3/c1-13(27)22-16-5-6-26(23-16)17(28)25-9-7-24(8-10-25)12-14-3-2-4-15(11-14)29-18(19,20)21/h2-6,11H,7-10,12H2,1H3,(H,22,23,27). The normalized spacial score (nSPS) is 15.2. The average Bonchev–Trinajstić information content (AvgIpc) is 3.08. The van der Waals surface area contributed by atoms with Crippen LogP contribution in [0.4, 0.5) is 23.8 Å². The Morgan fingerprint density at radius 3 is 2.55 bits per heavy atom. The Kier molecular flexibility index (Phi) is 6.06. The number of halogens is 3. The maximum Gasteiger partial charge on any atom is 0.573 e. The van der Waals surface area contributed by atoms with Gasteiger partial charge in [0.25, 0.3) is 0 Å². The molecule has 3 rings (SSSR count). The molecular formula is C18H20F3N5O3. The van der Waals surface area contributed by atoms with Gasteiger partial charge in [0, 0.05) is 51.9 Å². The molecule has 1 aliphatic rings. The lowest BCUT2D eigenvalue weighted by Crippen LogP contribution is -2.49. The molecule has 8 nitrogen and oxygen atoms in total. The summed E-state index contributed by atoms with van der Waals surface area (Å²) in [6, 6.07) is 7.09. The molecule has 1 N–H and O–H groups in total. The van der Waals surface area contributed by atoms with Crippen molar-refractivity contribution in [2.45, 2.75) is 19.8 Å². The molecule has 1 aromatic carbocycles. The van der Waals surface area contributed by atoms with Crippen molar-refractivity contribution in [3.63, 3.8) is 0 Å². The van der Waals surface area contributed by atoms with E-state index in [-0.39, 0.29) is 17.7 Å². The number of nitrogens with one attached hydrogen (secondary N) is 1. The van der Waals surface area contributed by atoms with E-state index in [2.05, 4.69) is 15.2 Å². The van der Waals surface area contributed by atoms with Gasteiger partial charge in [-0.3, -0.25) is 9.69 Å². The van der Waals surface area contributed by atoms with Crippen molar-refractivity contribution in [2.75, 3.05) is 31.5 Å². The van der Waals surface area contributed by atoms with Crippen LogP contribution >= 0.6 is 0 Å². The van der Waals surface area contributed by atoms with Crippen molar-refractivity contribution in [1.29, 1.82) is 0 Å². The number of carbonyl (C=O) groups excluding carboxylic acids is 2. The molecule has 156 valence electrons. The largest absolute Gasteiger partial charge is 0.573 e. The number of hydrogen-bond donors (Lipinski definition) is 1. The first-order chi connectivity index (χ1) is 13.7. The Bertz CT molecular complexity index is 876. The summed E-state index contributed by atoms with van der Waals surface area (Å²) in [5, 5.41) is 6.53. The smallest absolute Gasteiger partial charge is 0.406 e. The van der Waals surface area contributed by atoms with Gasteiger partial charge in [-0.2, -0.15) is 4.68 Å². The van der Waals surface area contributed by atoms with Crippen LogP contribution in [-0.4, -0.2) is 64.1 Å². The number of piperazine rings is 1. The fraction of sp³-hybridized carbons (Fsp3) is 0.389. The molecule has 0 aliphatic carbocycles. The zero-order valence-electron chi connectivity index (χ0n) is 15.6.